The van der Waals surface area contributed by atoms with Gasteiger partial charge in [0.25, 0.3) is 0 Å². The molecule has 2 aromatic heterocycles. The Bertz CT molecular complexity index is 574. The van der Waals surface area contributed by atoms with Crippen LogP contribution in [0.1, 0.15) is 28.7 Å². The summed E-state index contributed by atoms with van der Waals surface area (Å²) in [5.41, 5.74) is 0.993. The van der Waals surface area contributed by atoms with Gasteiger partial charge in [-0.3, -0.25) is 0 Å². The highest BCUT2D eigenvalue weighted by atomic mass is 32.1. The van der Waals surface area contributed by atoms with Crippen LogP contribution in [0.4, 0.5) is 10.9 Å². The van der Waals surface area contributed by atoms with Gasteiger partial charge in [0, 0.05) is 35.3 Å². The standard InChI is InChI=1S/C13H17N5S/c1-8-5-11(18-13-15-6-9(2)19-13)17-12(16-8)10-3-4-14-7-10/h5-6,10,14H,3-4,7H2,1-2H3,(H,15,16,17,18). The maximum absolute atomic E-state index is 4.62. The van der Waals surface area contributed by atoms with Crippen molar-refractivity contribution in [3.63, 3.8) is 0 Å². The van der Waals surface area contributed by atoms with Gasteiger partial charge in [0.15, 0.2) is 5.13 Å². The summed E-state index contributed by atoms with van der Waals surface area (Å²) in [6.45, 7) is 6.07. The minimum Gasteiger partial charge on any atom is -0.316 e. The number of nitrogens with zero attached hydrogens (tertiary/aromatic N) is 3. The molecule has 1 saturated heterocycles. The van der Waals surface area contributed by atoms with E-state index in [0.717, 1.165) is 42.0 Å². The minimum atomic E-state index is 0.429. The van der Waals surface area contributed by atoms with Crippen molar-refractivity contribution in [2.45, 2.75) is 26.2 Å². The molecule has 2 aromatic rings. The van der Waals surface area contributed by atoms with E-state index in [9.17, 15) is 0 Å². The summed E-state index contributed by atoms with van der Waals surface area (Å²) in [6, 6.07) is 1.96. The van der Waals surface area contributed by atoms with E-state index in [1.165, 1.54) is 4.88 Å². The van der Waals surface area contributed by atoms with E-state index < -0.39 is 0 Å². The van der Waals surface area contributed by atoms with E-state index in [2.05, 4.69) is 25.6 Å². The summed E-state index contributed by atoms with van der Waals surface area (Å²) in [5, 5.41) is 7.50. The SMILES string of the molecule is Cc1cc(Nc2ncc(C)s2)nc(C2CCNC2)n1. The Balaban J connectivity index is 1.84. The fraction of sp³-hybridized carbons (Fsp3) is 0.462. The lowest BCUT2D eigenvalue weighted by Gasteiger charge is -2.10. The van der Waals surface area contributed by atoms with Crippen LogP contribution in [0.5, 0.6) is 0 Å². The van der Waals surface area contributed by atoms with Crippen LogP contribution in [-0.2, 0) is 0 Å². The lowest BCUT2D eigenvalue weighted by Crippen LogP contribution is -2.11. The van der Waals surface area contributed by atoms with Crippen LogP contribution in [0.15, 0.2) is 12.3 Å². The number of hydrogen-bond donors (Lipinski definition) is 2. The van der Waals surface area contributed by atoms with E-state index in [1.807, 2.05) is 26.1 Å². The number of aromatic nitrogens is 3. The molecule has 1 aliphatic heterocycles. The van der Waals surface area contributed by atoms with Crippen LogP contribution in [0, 0.1) is 13.8 Å². The topological polar surface area (TPSA) is 62.7 Å². The normalized spacial score (nSPS) is 18.7. The second kappa shape index (κ2) is 5.22. The molecule has 0 aliphatic carbocycles. The largest absolute Gasteiger partial charge is 0.316 e. The third-order valence-corrected chi connectivity index (χ3v) is 3.98. The molecule has 3 rings (SSSR count). The van der Waals surface area contributed by atoms with Gasteiger partial charge in [-0.05, 0) is 26.8 Å². The van der Waals surface area contributed by atoms with Crippen LogP contribution in [0.3, 0.4) is 0 Å². The quantitative estimate of drug-likeness (QED) is 0.900. The molecule has 0 radical (unpaired) electrons. The number of anilines is 2. The van der Waals surface area contributed by atoms with Gasteiger partial charge >= 0.3 is 0 Å². The van der Waals surface area contributed by atoms with Crippen LogP contribution in [-0.4, -0.2) is 28.0 Å². The monoisotopic (exact) mass is 275 g/mol. The predicted octanol–water partition coefficient (Wildman–Crippen LogP) is 2.37. The van der Waals surface area contributed by atoms with Crippen molar-refractivity contribution in [2.75, 3.05) is 18.4 Å². The first kappa shape index (κ1) is 12.5. The highest BCUT2D eigenvalue weighted by Gasteiger charge is 2.20. The first-order valence-electron chi connectivity index (χ1n) is 6.46. The van der Waals surface area contributed by atoms with E-state index in [0.29, 0.717) is 5.92 Å². The summed E-state index contributed by atoms with van der Waals surface area (Å²) in [4.78, 5) is 14.7. The second-order valence-corrected chi connectivity index (χ2v) is 6.08. The highest BCUT2D eigenvalue weighted by Crippen LogP contribution is 2.24. The molecule has 3 heterocycles. The fourth-order valence-electron chi connectivity index (χ4n) is 2.24. The molecule has 5 nitrogen and oxygen atoms in total. The van der Waals surface area contributed by atoms with E-state index >= 15 is 0 Å². The summed E-state index contributed by atoms with van der Waals surface area (Å²) in [6.07, 6.45) is 2.97. The molecule has 1 aliphatic rings. The lowest BCUT2D eigenvalue weighted by atomic mass is 10.1. The number of thiazole rings is 1. The van der Waals surface area contributed by atoms with Crippen LogP contribution in [0.2, 0.25) is 0 Å². The van der Waals surface area contributed by atoms with Crippen molar-refractivity contribution in [1.82, 2.24) is 20.3 Å². The maximum Gasteiger partial charge on any atom is 0.188 e. The molecule has 100 valence electrons. The van der Waals surface area contributed by atoms with Gasteiger partial charge in [-0.25, -0.2) is 15.0 Å². The van der Waals surface area contributed by atoms with Gasteiger partial charge < -0.3 is 10.6 Å². The maximum atomic E-state index is 4.62. The molecule has 0 bridgehead atoms. The Morgan fingerprint density at radius 1 is 1.37 bits per heavy atom. The van der Waals surface area contributed by atoms with Crippen molar-refractivity contribution in [3.8, 4) is 0 Å². The van der Waals surface area contributed by atoms with Gasteiger partial charge in [-0.2, -0.15) is 0 Å². The molecule has 1 fully saturated rings. The van der Waals surface area contributed by atoms with Crippen LogP contribution < -0.4 is 10.6 Å². The van der Waals surface area contributed by atoms with Crippen molar-refractivity contribution < 1.29 is 0 Å². The molecule has 1 unspecified atom stereocenters. The Kier molecular flexibility index (Phi) is 3.44. The first-order chi connectivity index (χ1) is 9.20. The summed E-state index contributed by atoms with van der Waals surface area (Å²) >= 11 is 1.63. The van der Waals surface area contributed by atoms with E-state index in [-0.39, 0.29) is 0 Å². The van der Waals surface area contributed by atoms with E-state index in [4.69, 9.17) is 0 Å². The second-order valence-electron chi connectivity index (χ2n) is 4.84. The van der Waals surface area contributed by atoms with Gasteiger partial charge in [-0.1, -0.05) is 0 Å². The number of aryl methyl sites for hydroxylation is 2. The fourth-order valence-corrected chi connectivity index (χ4v) is 2.91. The van der Waals surface area contributed by atoms with Crippen molar-refractivity contribution in [2.24, 2.45) is 0 Å². The molecule has 19 heavy (non-hydrogen) atoms. The molecular weight excluding hydrogens is 258 g/mol. The van der Waals surface area contributed by atoms with Crippen molar-refractivity contribution in [1.29, 1.82) is 0 Å². The zero-order valence-corrected chi connectivity index (χ0v) is 11.9. The smallest absolute Gasteiger partial charge is 0.188 e. The molecule has 0 spiro atoms. The number of hydrogen-bond acceptors (Lipinski definition) is 6. The average molecular weight is 275 g/mol. The summed E-state index contributed by atoms with van der Waals surface area (Å²) in [7, 11) is 0. The molecule has 0 saturated carbocycles. The van der Waals surface area contributed by atoms with Crippen LogP contribution >= 0.6 is 11.3 Å². The van der Waals surface area contributed by atoms with Crippen LogP contribution in [0.25, 0.3) is 0 Å². The third-order valence-electron chi connectivity index (χ3n) is 3.15. The van der Waals surface area contributed by atoms with Crippen molar-refractivity contribution >= 4 is 22.3 Å². The molecule has 6 heteroatoms. The van der Waals surface area contributed by atoms with Gasteiger partial charge in [0.05, 0.1) is 0 Å². The highest BCUT2D eigenvalue weighted by molar-refractivity contribution is 7.15. The Morgan fingerprint density at radius 2 is 2.26 bits per heavy atom. The third kappa shape index (κ3) is 2.90. The molecule has 1 atom stereocenters. The Morgan fingerprint density at radius 3 is 2.95 bits per heavy atom. The zero-order valence-electron chi connectivity index (χ0n) is 11.1. The molecule has 2 N–H and O–H groups in total. The van der Waals surface area contributed by atoms with Gasteiger partial charge in [0.1, 0.15) is 11.6 Å². The average Bonchev–Trinajstić information content (AvgIpc) is 3.00. The molecule has 0 aromatic carbocycles. The van der Waals surface area contributed by atoms with Gasteiger partial charge in [0.2, 0.25) is 0 Å². The Hall–Kier alpha value is -1.53. The van der Waals surface area contributed by atoms with Gasteiger partial charge in [-0.15, -0.1) is 11.3 Å². The summed E-state index contributed by atoms with van der Waals surface area (Å²) in [5.74, 6) is 2.20. The first-order valence-corrected chi connectivity index (χ1v) is 7.28. The minimum absolute atomic E-state index is 0.429. The predicted molar refractivity (Wildman–Crippen MR) is 77.1 cm³/mol. The van der Waals surface area contributed by atoms with Crippen molar-refractivity contribution in [3.05, 3.63) is 28.7 Å². The number of nitrogens with one attached hydrogen (secondary N) is 2. The molecular formula is C13H17N5S. The molecule has 0 amide bonds. The Labute approximate surface area is 116 Å². The summed E-state index contributed by atoms with van der Waals surface area (Å²) < 4.78 is 0. The van der Waals surface area contributed by atoms with E-state index in [1.54, 1.807) is 11.3 Å². The zero-order chi connectivity index (χ0) is 13.2. The lowest BCUT2D eigenvalue weighted by molar-refractivity contribution is 0.698. The number of rotatable bonds is 3.